The lowest BCUT2D eigenvalue weighted by Crippen LogP contribution is -2.35. The van der Waals surface area contributed by atoms with Gasteiger partial charge in [-0.25, -0.2) is 4.79 Å². The number of nitrogens with one attached hydrogen (secondary N) is 3. The van der Waals surface area contributed by atoms with Crippen LogP contribution < -0.4 is 20.7 Å². The van der Waals surface area contributed by atoms with E-state index < -0.39 is 29.8 Å². The number of alkyl halides is 3. The van der Waals surface area contributed by atoms with E-state index in [4.69, 9.17) is 4.74 Å². The van der Waals surface area contributed by atoms with Crippen LogP contribution in [0.1, 0.15) is 29.8 Å². The van der Waals surface area contributed by atoms with Crippen molar-refractivity contribution in [3.63, 3.8) is 0 Å². The molecule has 2 aromatic rings. The lowest BCUT2D eigenvalue weighted by Gasteiger charge is -2.14. The summed E-state index contributed by atoms with van der Waals surface area (Å²) in [6.07, 6.45) is -5.52. The maximum atomic E-state index is 12.5. The van der Waals surface area contributed by atoms with E-state index >= 15 is 0 Å². The molecular formula is C21H24F3N3O4. The average Bonchev–Trinajstić information content (AvgIpc) is 2.69. The fourth-order valence-corrected chi connectivity index (χ4v) is 2.47. The van der Waals surface area contributed by atoms with E-state index in [0.717, 1.165) is 24.3 Å². The molecule has 0 bridgehead atoms. The van der Waals surface area contributed by atoms with Crippen LogP contribution in [0, 0.1) is 0 Å². The number of amides is 3. The third-order valence-electron chi connectivity index (χ3n) is 3.92. The fourth-order valence-electron chi connectivity index (χ4n) is 2.47. The summed E-state index contributed by atoms with van der Waals surface area (Å²) in [7, 11) is 0. The molecule has 1 unspecified atom stereocenters. The van der Waals surface area contributed by atoms with Gasteiger partial charge in [-0.15, -0.1) is 0 Å². The number of hydrogen-bond donors (Lipinski definition) is 4. The molecule has 0 aromatic heterocycles. The fraction of sp³-hybridized carbons (Fsp3) is 0.333. The molecular weight excluding hydrogens is 415 g/mol. The maximum absolute atomic E-state index is 12.5. The summed E-state index contributed by atoms with van der Waals surface area (Å²) in [5.41, 5.74) is -0.0961. The van der Waals surface area contributed by atoms with E-state index in [1.54, 1.807) is 18.2 Å². The van der Waals surface area contributed by atoms with Gasteiger partial charge in [0.25, 0.3) is 5.91 Å². The molecule has 0 fully saturated rings. The molecule has 1 atom stereocenters. The van der Waals surface area contributed by atoms with Gasteiger partial charge in [0.1, 0.15) is 18.5 Å². The molecule has 10 heteroatoms. The molecule has 2 aromatic carbocycles. The molecule has 0 heterocycles. The first kappa shape index (κ1) is 24.0. The highest BCUT2D eigenvalue weighted by Crippen LogP contribution is 2.30. The zero-order valence-electron chi connectivity index (χ0n) is 17.0. The number of carbonyl (C=O) groups excluding carboxylic acids is 2. The second kappa shape index (κ2) is 10.7. The number of benzene rings is 2. The second-order valence-corrected chi connectivity index (χ2v) is 7.03. The Hall–Kier alpha value is -3.27. The van der Waals surface area contributed by atoms with Crippen LogP contribution in [0.15, 0.2) is 48.5 Å². The number of carbonyl (C=O) groups is 2. The molecule has 0 aliphatic carbocycles. The molecule has 0 radical (unpaired) electrons. The van der Waals surface area contributed by atoms with Crippen molar-refractivity contribution in [2.45, 2.75) is 32.2 Å². The van der Waals surface area contributed by atoms with Crippen LogP contribution in [-0.2, 0) is 6.18 Å². The normalized spacial score (nSPS) is 12.2. The Labute approximate surface area is 177 Å². The van der Waals surface area contributed by atoms with E-state index in [1.807, 2.05) is 13.8 Å². The molecule has 0 saturated heterocycles. The summed E-state index contributed by atoms with van der Waals surface area (Å²) in [6, 6.07) is 9.89. The Morgan fingerprint density at radius 2 is 1.77 bits per heavy atom. The number of hydrogen-bond acceptors (Lipinski definition) is 4. The topological polar surface area (TPSA) is 99.7 Å². The van der Waals surface area contributed by atoms with Gasteiger partial charge in [0.05, 0.1) is 5.56 Å². The van der Waals surface area contributed by atoms with E-state index in [9.17, 15) is 27.9 Å². The average molecular weight is 439 g/mol. The van der Waals surface area contributed by atoms with Crippen LogP contribution in [0.4, 0.5) is 23.7 Å². The Balaban J connectivity index is 1.81. The highest BCUT2D eigenvalue weighted by Gasteiger charge is 2.30. The third kappa shape index (κ3) is 8.17. The molecule has 0 aliphatic rings. The number of aliphatic hydroxyl groups is 1. The minimum Gasteiger partial charge on any atom is -0.491 e. The predicted molar refractivity (Wildman–Crippen MR) is 109 cm³/mol. The third-order valence-corrected chi connectivity index (χ3v) is 3.92. The lowest BCUT2D eigenvalue weighted by atomic mass is 10.2. The maximum Gasteiger partial charge on any atom is 0.416 e. The van der Waals surface area contributed by atoms with Crippen molar-refractivity contribution in [3.05, 3.63) is 59.7 Å². The number of halogens is 3. The van der Waals surface area contributed by atoms with Crippen molar-refractivity contribution in [2.75, 3.05) is 18.5 Å². The summed E-state index contributed by atoms with van der Waals surface area (Å²) in [4.78, 5) is 24.0. The molecule has 7 nitrogen and oxygen atoms in total. The molecule has 0 spiro atoms. The molecule has 3 amide bonds. The standard InChI is InChI=1S/C21H24F3N3O4/c1-13(2)26-20(30)27-16-5-3-4-14(10-16)19(29)25-11-17(28)12-31-18-8-6-15(7-9-18)21(22,23)24/h3-10,13,17,28H,11-12H2,1-2H3,(H,25,29)(H2,26,27,30). The summed E-state index contributed by atoms with van der Waals surface area (Å²) in [5, 5.41) is 17.8. The number of urea groups is 1. The van der Waals surface area contributed by atoms with Gasteiger partial charge in [0.15, 0.2) is 0 Å². The van der Waals surface area contributed by atoms with Gasteiger partial charge >= 0.3 is 12.2 Å². The zero-order chi connectivity index (χ0) is 23.0. The van der Waals surface area contributed by atoms with Crippen molar-refractivity contribution < 1.29 is 32.6 Å². The van der Waals surface area contributed by atoms with Crippen LogP contribution in [0.2, 0.25) is 0 Å². The number of ether oxygens (including phenoxy) is 1. The molecule has 2 rings (SSSR count). The summed E-state index contributed by atoms with van der Waals surface area (Å²) in [6.45, 7) is 3.28. The Kier molecular flexibility index (Phi) is 8.26. The van der Waals surface area contributed by atoms with Gasteiger partial charge in [-0.2, -0.15) is 13.2 Å². The predicted octanol–water partition coefficient (Wildman–Crippen LogP) is 3.41. The number of anilines is 1. The summed E-state index contributed by atoms with van der Waals surface area (Å²) in [5.74, 6) is -0.307. The first-order valence-corrected chi connectivity index (χ1v) is 9.48. The van der Waals surface area contributed by atoms with Crippen LogP contribution in [0.3, 0.4) is 0 Å². The zero-order valence-corrected chi connectivity index (χ0v) is 17.0. The van der Waals surface area contributed by atoms with Crippen LogP contribution in [0.25, 0.3) is 0 Å². The highest BCUT2D eigenvalue weighted by molar-refractivity contribution is 5.96. The van der Waals surface area contributed by atoms with Gasteiger partial charge in [0.2, 0.25) is 0 Å². The molecule has 4 N–H and O–H groups in total. The van der Waals surface area contributed by atoms with E-state index in [-0.39, 0.29) is 30.5 Å². The first-order valence-electron chi connectivity index (χ1n) is 9.48. The highest BCUT2D eigenvalue weighted by atomic mass is 19.4. The van der Waals surface area contributed by atoms with Crippen molar-refractivity contribution in [1.29, 1.82) is 0 Å². The van der Waals surface area contributed by atoms with E-state index in [1.165, 1.54) is 6.07 Å². The largest absolute Gasteiger partial charge is 0.491 e. The van der Waals surface area contributed by atoms with Gasteiger partial charge < -0.3 is 25.8 Å². The first-order chi connectivity index (χ1) is 14.5. The van der Waals surface area contributed by atoms with Gasteiger partial charge in [-0.05, 0) is 56.3 Å². The quantitative estimate of drug-likeness (QED) is 0.507. The van der Waals surface area contributed by atoms with Crippen LogP contribution in [-0.4, -0.2) is 42.3 Å². The van der Waals surface area contributed by atoms with Gasteiger partial charge in [-0.1, -0.05) is 6.07 Å². The Morgan fingerprint density at radius 1 is 1.10 bits per heavy atom. The van der Waals surface area contributed by atoms with Crippen LogP contribution in [0.5, 0.6) is 5.75 Å². The smallest absolute Gasteiger partial charge is 0.416 e. The van der Waals surface area contributed by atoms with Crippen molar-refractivity contribution in [1.82, 2.24) is 10.6 Å². The van der Waals surface area contributed by atoms with Crippen molar-refractivity contribution in [3.8, 4) is 5.75 Å². The van der Waals surface area contributed by atoms with Crippen LogP contribution >= 0.6 is 0 Å². The minimum atomic E-state index is -4.44. The monoisotopic (exact) mass is 439 g/mol. The number of rotatable bonds is 8. The van der Waals surface area contributed by atoms with Crippen molar-refractivity contribution >= 4 is 17.6 Å². The Morgan fingerprint density at radius 3 is 2.39 bits per heavy atom. The van der Waals surface area contributed by atoms with Crippen molar-refractivity contribution in [2.24, 2.45) is 0 Å². The molecule has 0 aliphatic heterocycles. The number of aliphatic hydroxyl groups excluding tert-OH is 1. The Bertz CT molecular complexity index is 886. The summed E-state index contributed by atoms with van der Waals surface area (Å²) < 4.78 is 42.9. The van der Waals surface area contributed by atoms with E-state index in [2.05, 4.69) is 16.0 Å². The van der Waals surface area contributed by atoms with Gasteiger partial charge in [-0.3, -0.25) is 4.79 Å². The minimum absolute atomic E-state index is 0.0437. The van der Waals surface area contributed by atoms with E-state index in [0.29, 0.717) is 5.69 Å². The molecule has 0 saturated carbocycles. The summed E-state index contributed by atoms with van der Waals surface area (Å²) >= 11 is 0. The second-order valence-electron chi connectivity index (χ2n) is 7.03. The lowest BCUT2D eigenvalue weighted by molar-refractivity contribution is -0.137. The molecule has 168 valence electrons. The molecule has 31 heavy (non-hydrogen) atoms. The SMILES string of the molecule is CC(C)NC(=O)Nc1cccc(C(=O)NCC(O)COc2ccc(C(F)(F)F)cc2)c1. The van der Waals surface area contributed by atoms with Gasteiger partial charge in [0, 0.05) is 23.8 Å².